The van der Waals surface area contributed by atoms with Gasteiger partial charge in [-0.1, -0.05) is 41.9 Å². The fourth-order valence-electron chi connectivity index (χ4n) is 3.70. The Bertz CT molecular complexity index is 1530. The van der Waals surface area contributed by atoms with Gasteiger partial charge >= 0.3 is 0 Å². The molecule has 0 saturated heterocycles. The molecule has 0 aliphatic heterocycles. The number of carbonyl (C=O) groups is 2. The summed E-state index contributed by atoms with van der Waals surface area (Å²) in [5, 5.41) is 0.622. The van der Waals surface area contributed by atoms with Crippen molar-refractivity contribution in [3.05, 3.63) is 125 Å². The summed E-state index contributed by atoms with van der Waals surface area (Å²) in [4.78, 5) is 25.1. The number of hydrogen-bond acceptors (Lipinski definition) is 5. The van der Waals surface area contributed by atoms with E-state index in [2.05, 4.69) is 10.9 Å². The Hall–Kier alpha value is -4.34. The summed E-state index contributed by atoms with van der Waals surface area (Å²) in [6.45, 7) is 2.31. The van der Waals surface area contributed by atoms with E-state index in [4.69, 9.17) is 16.3 Å². The molecule has 0 heterocycles. The van der Waals surface area contributed by atoms with Crippen molar-refractivity contribution in [1.82, 2.24) is 10.9 Å². The topological polar surface area (TPSA) is 105 Å². The summed E-state index contributed by atoms with van der Waals surface area (Å²) in [6, 6.07) is 28.0. The van der Waals surface area contributed by atoms with E-state index in [-0.39, 0.29) is 17.0 Å². The molecule has 0 unspecified atom stereocenters. The van der Waals surface area contributed by atoms with Crippen LogP contribution in [0.1, 0.15) is 33.2 Å². The van der Waals surface area contributed by atoms with Gasteiger partial charge in [0.15, 0.2) is 0 Å². The minimum absolute atomic E-state index is 0.0499. The molecule has 200 valence electrons. The highest BCUT2D eigenvalue weighted by molar-refractivity contribution is 7.92. The maximum absolute atomic E-state index is 13.1. The largest absolute Gasteiger partial charge is 0.489 e. The van der Waals surface area contributed by atoms with Crippen molar-refractivity contribution < 1.29 is 22.7 Å². The monoisotopic (exact) mass is 563 g/mol. The average molecular weight is 564 g/mol. The van der Waals surface area contributed by atoms with E-state index < -0.39 is 21.8 Å². The molecule has 2 N–H and O–H groups in total. The number of halogens is 1. The van der Waals surface area contributed by atoms with E-state index in [1.54, 1.807) is 79.7 Å². The normalized spacial score (nSPS) is 10.9. The molecule has 0 atom stereocenters. The van der Waals surface area contributed by atoms with Crippen molar-refractivity contribution in [2.24, 2.45) is 0 Å². The Balaban J connectivity index is 1.32. The number of amides is 2. The van der Waals surface area contributed by atoms with E-state index in [1.807, 2.05) is 6.07 Å². The number of nitrogens with one attached hydrogen (secondary N) is 2. The summed E-state index contributed by atoms with van der Waals surface area (Å²) < 4.78 is 33.2. The van der Waals surface area contributed by atoms with Gasteiger partial charge in [-0.3, -0.25) is 24.7 Å². The molecular formula is C29H26ClN3O5S. The highest BCUT2D eigenvalue weighted by atomic mass is 35.5. The second-order valence-electron chi connectivity index (χ2n) is 8.38. The van der Waals surface area contributed by atoms with Gasteiger partial charge in [-0.05, 0) is 85.3 Å². The van der Waals surface area contributed by atoms with Crippen molar-refractivity contribution in [2.75, 3.05) is 10.8 Å². The number of sulfonamides is 1. The molecule has 0 bridgehead atoms. The Kier molecular flexibility index (Phi) is 8.85. The Morgan fingerprint density at radius 1 is 0.769 bits per heavy atom. The maximum atomic E-state index is 13.1. The number of ether oxygens (including phenoxy) is 1. The molecule has 8 nitrogen and oxygen atoms in total. The van der Waals surface area contributed by atoms with Crippen LogP contribution in [0.3, 0.4) is 0 Å². The minimum Gasteiger partial charge on any atom is -0.489 e. The number of para-hydroxylation sites is 1. The molecular weight excluding hydrogens is 538 g/mol. The Morgan fingerprint density at radius 3 is 1.85 bits per heavy atom. The SMILES string of the molecule is CCN(c1ccccc1)S(=O)(=O)c1ccc(C(=O)NNC(=O)c2ccc(COc3ccc(Cl)cc3)cc2)cc1. The highest BCUT2D eigenvalue weighted by Crippen LogP contribution is 2.23. The fraction of sp³-hybridized carbons (Fsp3) is 0.103. The lowest BCUT2D eigenvalue weighted by molar-refractivity contribution is 0.0846. The molecule has 0 spiro atoms. The van der Waals surface area contributed by atoms with Crippen molar-refractivity contribution in [3.63, 3.8) is 0 Å². The van der Waals surface area contributed by atoms with Crippen molar-refractivity contribution in [1.29, 1.82) is 0 Å². The molecule has 2 amide bonds. The van der Waals surface area contributed by atoms with Crippen LogP contribution in [0.15, 0.2) is 108 Å². The quantitative estimate of drug-likeness (QED) is 0.272. The van der Waals surface area contributed by atoms with Crippen LogP contribution in [-0.2, 0) is 16.6 Å². The number of benzene rings is 4. The van der Waals surface area contributed by atoms with Gasteiger partial charge in [-0.2, -0.15) is 0 Å². The van der Waals surface area contributed by atoms with Crippen LogP contribution in [-0.4, -0.2) is 26.8 Å². The number of carbonyl (C=O) groups excluding carboxylic acids is 2. The lowest BCUT2D eigenvalue weighted by atomic mass is 10.1. The summed E-state index contributed by atoms with van der Waals surface area (Å²) >= 11 is 5.87. The average Bonchev–Trinajstić information content (AvgIpc) is 2.96. The molecule has 0 aromatic heterocycles. The summed E-state index contributed by atoms with van der Waals surface area (Å²) in [7, 11) is -3.82. The van der Waals surface area contributed by atoms with E-state index in [0.717, 1.165) is 5.56 Å². The first-order valence-electron chi connectivity index (χ1n) is 12.0. The molecule has 39 heavy (non-hydrogen) atoms. The third-order valence-corrected chi connectivity index (χ3v) is 7.93. The van der Waals surface area contributed by atoms with Gasteiger partial charge in [-0.15, -0.1) is 0 Å². The smallest absolute Gasteiger partial charge is 0.269 e. The van der Waals surface area contributed by atoms with Crippen LogP contribution < -0.4 is 19.9 Å². The molecule has 4 aromatic rings. The molecule has 10 heteroatoms. The lowest BCUT2D eigenvalue weighted by Crippen LogP contribution is -2.41. The van der Waals surface area contributed by atoms with Crippen LogP contribution in [0, 0.1) is 0 Å². The summed E-state index contributed by atoms with van der Waals surface area (Å²) in [6.07, 6.45) is 0. The third-order valence-electron chi connectivity index (χ3n) is 5.76. The first kappa shape index (κ1) is 27.7. The predicted octanol–water partition coefficient (Wildman–Crippen LogP) is 5.21. The zero-order chi connectivity index (χ0) is 27.8. The van der Waals surface area contributed by atoms with Crippen LogP contribution in [0.5, 0.6) is 5.75 Å². The van der Waals surface area contributed by atoms with Crippen LogP contribution in [0.25, 0.3) is 0 Å². The van der Waals surface area contributed by atoms with Gasteiger partial charge in [0, 0.05) is 22.7 Å². The second kappa shape index (κ2) is 12.5. The molecule has 0 aliphatic rings. The second-order valence-corrected chi connectivity index (χ2v) is 10.7. The van der Waals surface area contributed by atoms with Gasteiger partial charge < -0.3 is 4.74 Å². The van der Waals surface area contributed by atoms with Crippen LogP contribution >= 0.6 is 11.6 Å². The molecule has 4 rings (SSSR count). The van der Waals surface area contributed by atoms with Crippen molar-refractivity contribution >= 4 is 39.1 Å². The van der Waals surface area contributed by atoms with Crippen LogP contribution in [0.2, 0.25) is 5.02 Å². The number of nitrogens with zero attached hydrogens (tertiary/aromatic N) is 1. The van der Waals surface area contributed by atoms with E-state index in [1.165, 1.54) is 28.6 Å². The van der Waals surface area contributed by atoms with Crippen molar-refractivity contribution in [3.8, 4) is 5.75 Å². The first-order chi connectivity index (χ1) is 18.8. The highest BCUT2D eigenvalue weighted by Gasteiger charge is 2.23. The zero-order valence-electron chi connectivity index (χ0n) is 21.0. The van der Waals surface area contributed by atoms with Gasteiger partial charge in [0.1, 0.15) is 12.4 Å². The lowest BCUT2D eigenvalue weighted by Gasteiger charge is -2.23. The summed E-state index contributed by atoms with van der Waals surface area (Å²) in [5.74, 6) is -0.418. The zero-order valence-corrected chi connectivity index (χ0v) is 22.6. The van der Waals surface area contributed by atoms with E-state index in [9.17, 15) is 18.0 Å². The maximum Gasteiger partial charge on any atom is 0.269 e. The standard InChI is InChI=1S/C29H26ClN3O5S/c1-2-33(25-6-4-3-5-7-25)39(36,37)27-18-12-23(13-19-27)29(35)32-31-28(34)22-10-8-21(9-11-22)20-38-26-16-14-24(30)15-17-26/h3-19H,2,20H2,1H3,(H,31,34)(H,32,35). The number of hydrazine groups is 1. The van der Waals surface area contributed by atoms with Gasteiger partial charge in [-0.25, -0.2) is 8.42 Å². The van der Waals surface area contributed by atoms with E-state index in [0.29, 0.717) is 28.6 Å². The van der Waals surface area contributed by atoms with Gasteiger partial charge in [0.25, 0.3) is 21.8 Å². The van der Waals surface area contributed by atoms with Crippen molar-refractivity contribution in [2.45, 2.75) is 18.4 Å². The Labute approximate surface area is 232 Å². The van der Waals surface area contributed by atoms with E-state index >= 15 is 0 Å². The summed E-state index contributed by atoms with van der Waals surface area (Å²) in [5.41, 5.74) is 6.64. The van der Waals surface area contributed by atoms with Gasteiger partial charge in [0.2, 0.25) is 0 Å². The molecule has 0 aliphatic carbocycles. The third kappa shape index (κ3) is 6.95. The number of anilines is 1. The molecule has 0 saturated carbocycles. The molecule has 0 radical (unpaired) electrons. The number of rotatable bonds is 9. The van der Waals surface area contributed by atoms with Gasteiger partial charge in [0.05, 0.1) is 10.6 Å². The predicted molar refractivity (Wildman–Crippen MR) is 150 cm³/mol. The van der Waals surface area contributed by atoms with Crippen LogP contribution in [0.4, 0.5) is 5.69 Å². The fourth-order valence-corrected chi connectivity index (χ4v) is 5.30. The molecule has 0 fully saturated rings. The first-order valence-corrected chi connectivity index (χ1v) is 13.9. The Morgan fingerprint density at radius 2 is 1.31 bits per heavy atom. The molecule has 4 aromatic carbocycles. The minimum atomic E-state index is -3.82. The number of hydrogen-bond donors (Lipinski definition) is 2.